The van der Waals surface area contributed by atoms with Gasteiger partial charge in [-0.05, 0) is 42.8 Å². The minimum absolute atomic E-state index is 0.0859. The van der Waals surface area contributed by atoms with E-state index in [0.717, 1.165) is 12.8 Å². The molecule has 0 radical (unpaired) electrons. The number of unbranched alkanes of at least 4 members (excludes halogenated alkanes) is 1. The molecule has 0 aliphatic carbocycles. The molecule has 3 aromatic rings. The van der Waals surface area contributed by atoms with E-state index in [1.54, 1.807) is 36.5 Å². The number of rotatable bonds is 7. The van der Waals surface area contributed by atoms with Gasteiger partial charge < -0.3 is 5.32 Å². The van der Waals surface area contributed by atoms with Gasteiger partial charge in [0.15, 0.2) is 5.82 Å². The summed E-state index contributed by atoms with van der Waals surface area (Å²) in [7, 11) is 0. The molecule has 1 aromatic heterocycles. The van der Waals surface area contributed by atoms with Crippen LogP contribution >= 0.6 is 23.2 Å². The lowest BCUT2D eigenvalue weighted by molar-refractivity contribution is 0.630. The number of hydrazone groups is 1. The summed E-state index contributed by atoms with van der Waals surface area (Å²) in [6.45, 7) is 2.04. The molecule has 0 spiro atoms. The number of hydrogen-bond donors (Lipinski definition) is 2. The van der Waals surface area contributed by atoms with Crippen LogP contribution in [-0.2, 0) is 0 Å². The van der Waals surface area contributed by atoms with E-state index in [-0.39, 0.29) is 28.3 Å². The van der Waals surface area contributed by atoms with E-state index in [9.17, 15) is 4.39 Å². The van der Waals surface area contributed by atoms with Crippen molar-refractivity contribution >= 4 is 47.0 Å². The molecule has 28 heavy (non-hydrogen) atoms. The van der Waals surface area contributed by atoms with E-state index in [2.05, 4.69) is 30.8 Å². The Morgan fingerprint density at radius 1 is 1.04 bits per heavy atom. The zero-order valence-electron chi connectivity index (χ0n) is 15.0. The van der Waals surface area contributed by atoms with Gasteiger partial charge in [-0.15, -0.1) is 0 Å². The van der Waals surface area contributed by atoms with Crippen LogP contribution < -0.4 is 10.7 Å². The molecule has 2 aromatic carbocycles. The molecule has 0 saturated heterocycles. The molecule has 144 valence electrons. The molecule has 9 heteroatoms. The van der Waals surface area contributed by atoms with Crippen molar-refractivity contribution in [3.8, 4) is 11.4 Å². The molecule has 0 unspecified atom stereocenters. The Morgan fingerprint density at radius 2 is 1.79 bits per heavy atom. The number of aromatic nitrogens is 3. The lowest BCUT2D eigenvalue weighted by atomic mass is 10.2. The van der Waals surface area contributed by atoms with Crippen LogP contribution in [0.1, 0.15) is 19.8 Å². The number of anilines is 3. The molecule has 2 N–H and O–H groups in total. The maximum atomic E-state index is 14.4. The van der Waals surface area contributed by atoms with Crippen molar-refractivity contribution in [2.24, 2.45) is 5.10 Å². The van der Waals surface area contributed by atoms with Crippen LogP contribution in [0.15, 0.2) is 47.6 Å². The van der Waals surface area contributed by atoms with E-state index in [0.29, 0.717) is 10.7 Å². The van der Waals surface area contributed by atoms with E-state index in [1.165, 1.54) is 12.1 Å². The molecule has 1 heterocycles. The summed E-state index contributed by atoms with van der Waals surface area (Å²) in [5, 5.41) is 7.92. The van der Waals surface area contributed by atoms with E-state index in [1.807, 2.05) is 6.92 Å². The van der Waals surface area contributed by atoms with E-state index < -0.39 is 5.82 Å². The maximum absolute atomic E-state index is 14.4. The van der Waals surface area contributed by atoms with E-state index >= 15 is 0 Å². The second kappa shape index (κ2) is 9.43. The summed E-state index contributed by atoms with van der Waals surface area (Å²) in [4.78, 5) is 12.8. The average Bonchev–Trinajstić information content (AvgIpc) is 2.67. The zero-order chi connectivity index (χ0) is 19.9. The Bertz CT molecular complexity index is 958. The lowest BCUT2D eigenvalue weighted by Gasteiger charge is -2.10. The maximum Gasteiger partial charge on any atom is 0.248 e. The van der Waals surface area contributed by atoms with Crippen molar-refractivity contribution < 1.29 is 4.39 Å². The lowest BCUT2D eigenvalue weighted by Crippen LogP contribution is -2.06. The first kappa shape index (κ1) is 20.0. The molecule has 0 saturated carbocycles. The Hall–Kier alpha value is -2.77. The van der Waals surface area contributed by atoms with Gasteiger partial charge in [-0.3, -0.25) is 0 Å². The average molecular weight is 419 g/mol. The first-order chi connectivity index (χ1) is 13.6. The van der Waals surface area contributed by atoms with Gasteiger partial charge in [-0.2, -0.15) is 20.1 Å². The fourth-order valence-electron chi connectivity index (χ4n) is 2.26. The normalized spacial score (nSPS) is 11.0. The quantitative estimate of drug-likeness (QED) is 0.367. The minimum Gasteiger partial charge on any atom is -0.324 e. The topological polar surface area (TPSA) is 75.1 Å². The van der Waals surface area contributed by atoms with Gasteiger partial charge in [0.05, 0.1) is 10.6 Å². The van der Waals surface area contributed by atoms with E-state index in [4.69, 9.17) is 23.2 Å². The predicted molar refractivity (Wildman–Crippen MR) is 112 cm³/mol. The van der Waals surface area contributed by atoms with Crippen molar-refractivity contribution in [3.63, 3.8) is 0 Å². The highest BCUT2D eigenvalue weighted by Gasteiger charge is 2.16. The van der Waals surface area contributed by atoms with Gasteiger partial charge in [0.1, 0.15) is 5.82 Å². The fourth-order valence-corrected chi connectivity index (χ4v) is 2.64. The van der Waals surface area contributed by atoms with Gasteiger partial charge >= 0.3 is 0 Å². The summed E-state index contributed by atoms with van der Waals surface area (Å²) in [6, 6.07) is 11.4. The predicted octanol–water partition coefficient (Wildman–Crippen LogP) is 5.93. The van der Waals surface area contributed by atoms with Crippen molar-refractivity contribution in [2.75, 3.05) is 10.7 Å². The molecule has 0 aliphatic rings. The van der Waals surface area contributed by atoms with Gasteiger partial charge in [-0.25, -0.2) is 9.82 Å². The summed E-state index contributed by atoms with van der Waals surface area (Å²) in [5.74, 6) is -0.0766. The van der Waals surface area contributed by atoms with Gasteiger partial charge in [0.25, 0.3) is 0 Å². The van der Waals surface area contributed by atoms with Crippen LogP contribution in [-0.4, -0.2) is 21.2 Å². The van der Waals surface area contributed by atoms with Gasteiger partial charge in [0.2, 0.25) is 11.9 Å². The molecule has 0 bridgehead atoms. The monoisotopic (exact) mass is 418 g/mol. The summed E-state index contributed by atoms with van der Waals surface area (Å²) < 4.78 is 14.4. The molecule has 3 rings (SSSR count). The third-order valence-corrected chi connectivity index (χ3v) is 4.16. The molecule has 0 atom stereocenters. The smallest absolute Gasteiger partial charge is 0.248 e. The van der Waals surface area contributed by atoms with Crippen LogP contribution in [0.3, 0.4) is 0 Å². The SMILES string of the molecule is CCC/C=N\Nc1nc(Nc2ccc(Cl)cc2)nc(-c2c(F)cccc2Cl)n1. The second-order valence-electron chi connectivity index (χ2n) is 5.75. The third kappa shape index (κ3) is 5.15. The highest BCUT2D eigenvalue weighted by atomic mass is 35.5. The first-order valence-electron chi connectivity index (χ1n) is 8.57. The Balaban J connectivity index is 1.99. The van der Waals surface area contributed by atoms with Crippen LogP contribution in [0.4, 0.5) is 22.0 Å². The molecule has 0 aliphatic heterocycles. The Labute approximate surface area is 171 Å². The highest BCUT2D eigenvalue weighted by molar-refractivity contribution is 6.33. The number of benzene rings is 2. The number of hydrogen-bond acceptors (Lipinski definition) is 6. The fraction of sp³-hybridized carbons (Fsp3) is 0.158. The zero-order valence-corrected chi connectivity index (χ0v) is 16.5. The number of nitrogens with zero attached hydrogens (tertiary/aromatic N) is 4. The van der Waals surface area contributed by atoms with Gasteiger partial charge in [0, 0.05) is 16.9 Å². The molecular weight excluding hydrogens is 402 g/mol. The van der Waals surface area contributed by atoms with Crippen LogP contribution in [0.5, 0.6) is 0 Å². The summed E-state index contributed by atoms with van der Waals surface area (Å²) in [6.07, 6.45) is 3.48. The molecular formula is C19H17Cl2FN6. The van der Waals surface area contributed by atoms with Crippen LogP contribution in [0, 0.1) is 5.82 Å². The van der Waals surface area contributed by atoms with Crippen molar-refractivity contribution in [3.05, 3.63) is 58.3 Å². The summed E-state index contributed by atoms with van der Waals surface area (Å²) >= 11 is 12.1. The highest BCUT2D eigenvalue weighted by Crippen LogP contribution is 2.29. The number of halogens is 3. The Morgan fingerprint density at radius 3 is 2.50 bits per heavy atom. The second-order valence-corrected chi connectivity index (χ2v) is 6.59. The van der Waals surface area contributed by atoms with Crippen LogP contribution in [0.2, 0.25) is 10.0 Å². The molecule has 0 fully saturated rings. The van der Waals surface area contributed by atoms with Crippen molar-refractivity contribution in [1.29, 1.82) is 0 Å². The first-order valence-corrected chi connectivity index (χ1v) is 9.33. The standard InChI is InChI=1S/C19H17Cl2FN6/c1-2-3-11-23-28-19-26-17(16-14(21)5-4-6-15(16)22)25-18(27-19)24-13-9-7-12(20)8-10-13/h4-11H,2-3H2,1H3,(H2,24,25,26,27,28)/b23-11-. The largest absolute Gasteiger partial charge is 0.324 e. The third-order valence-electron chi connectivity index (χ3n) is 3.60. The van der Waals surface area contributed by atoms with Crippen molar-refractivity contribution in [2.45, 2.75) is 19.8 Å². The Kier molecular flexibility index (Phi) is 6.73. The minimum atomic E-state index is -0.531. The van der Waals surface area contributed by atoms with Crippen molar-refractivity contribution in [1.82, 2.24) is 15.0 Å². The summed E-state index contributed by atoms with van der Waals surface area (Å²) in [5.41, 5.74) is 3.54. The molecule has 0 amide bonds. The van der Waals surface area contributed by atoms with Gasteiger partial charge in [-0.1, -0.05) is 42.6 Å². The molecule has 6 nitrogen and oxygen atoms in total. The van der Waals surface area contributed by atoms with Crippen LogP contribution in [0.25, 0.3) is 11.4 Å². The number of nitrogens with one attached hydrogen (secondary N) is 2.